The van der Waals surface area contributed by atoms with Crippen molar-refractivity contribution in [3.05, 3.63) is 0 Å². The second kappa shape index (κ2) is 5.52. The Bertz CT molecular complexity index is 67.1. The van der Waals surface area contributed by atoms with Crippen molar-refractivity contribution in [1.29, 1.82) is 0 Å². The van der Waals surface area contributed by atoms with E-state index in [0.717, 1.165) is 26.3 Å². The van der Waals surface area contributed by atoms with Crippen molar-refractivity contribution in [2.75, 3.05) is 26.3 Å². The smallest absolute Gasteiger partial charge is 0.0591 e. The molecule has 1 rings (SSSR count). The fourth-order valence-corrected chi connectivity index (χ4v) is 0.516. The van der Waals surface area contributed by atoms with Gasteiger partial charge in [-0.1, -0.05) is 0 Å². The lowest BCUT2D eigenvalue weighted by atomic mass is 10.1. The average molecular weight is 160 g/mol. The minimum absolute atomic E-state index is 0. The van der Waals surface area contributed by atoms with Gasteiger partial charge in [-0.3, -0.25) is 0 Å². The Labute approximate surface area is 69.3 Å². The minimum atomic E-state index is 0. The summed E-state index contributed by atoms with van der Waals surface area (Å²) in [6, 6.07) is 0. The van der Waals surface area contributed by atoms with Crippen LogP contribution in [0.1, 0.15) is 20.8 Å². The molecular formula is C8H20N2O. The number of ether oxygens (including phenoxy) is 1. The zero-order valence-electron chi connectivity index (χ0n) is 7.81. The highest BCUT2D eigenvalue weighted by atomic mass is 16.5. The Balaban J connectivity index is 0.000000187. The second-order valence-corrected chi connectivity index (χ2v) is 3.73. The van der Waals surface area contributed by atoms with Crippen LogP contribution < -0.4 is 11.1 Å². The van der Waals surface area contributed by atoms with Crippen LogP contribution in [0, 0.1) is 0 Å². The number of hydrogen-bond donors (Lipinski definition) is 2. The lowest BCUT2D eigenvalue weighted by molar-refractivity contribution is 0.109. The SMILES string of the molecule is C1COCCN1.CC(C)(C)N. The van der Waals surface area contributed by atoms with E-state index >= 15 is 0 Å². The van der Waals surface area contributed by atoms with Crippen LogP contribution in [0.5, 0.6) is 0 Å². The van der Waals surface area contributed by atoms with Crippen LogP contribution >= 0.6 is 0 Å². The van der Waals surface area contributed by atoms with Gasteiger partial charge in [0.25, 0.3) is 0 Å². The Morgan fingerprint density at radius 1 is 1.18 bits per heavy atom. The first-order valence-electron chi connectivity index (χ1n) is 4.07. The van der Waals surface area contributed by atoms with Crippen LogP contribution in [-0.2, 0) is 4.74 Å². The van der Waals surface area contributed by atoms with Crippen molar-refractivity contribution in [2.45, 2.75) is 26.3 Å². The van der Waals surface area contributed by atoms with Crippen LogP contribution in [0.15, 0.2) is 0 Å². The quantitative estimate of drug-likeness (QED) is 0.537. The van der Waals surface area contributed by atoms with Gasteiger partial charge in [0.15, 0.2) is 0 Å². The Morgan fingerprint density at radius 2 is 1.55 bits per heavy atom. The van der Waals surface area contributed by atoms with Gasteiger partial charge in [0.05, 0.1) is 13.2 Å². The predicted octanol–water partition coefficient (Wildman–Crippen LogP) is 0.350. The standard InChI is InChI=1S/C4H9NO.C4H11N/c1-3-6-4-2-5-1;1-4(2,3)5/h5H,1-4H2;5H2,1-3H3. The van der Waals surface area contributed by atoms with Crippen molar-refractivity contribution < 1.29 is 4.74 Å². The van der Waals surface area contributed by atoms with Gasteiger partial charge in [-0.25, -0.2) is 0 Å². The van der Waals surface area contributed by atoms with E-state index in [1.165, 1.54) is 0 Å². The van der Waals surface area contributed by atoms with Crippen LogP contribution in [0.3, 0.4) is 0 Å². The van der Waals surface area contributed by atoms with E-state index in [1.54, 1.807) is 0 Å². The van der Waals surface area contributed by atoms with E-state index in [4.69, 9.17) is 10.5 Å². The minimum Gasteiger partial charge on any atom is -0.379 e. The molecule has 0 unspecified atom stereocenters. The largest absolute Gasteiger partial charge is 0.379 e. The van der Waals surface area contributed by atoms with Crippen molar-refractivity contribution in [3.8, 4) is 0 Å². The highest BCUT2D eigenvalue weighted by Crippen LogP contribution is 1.88. The van der Waals surface area contributed by atoms with E-state index in [9.17, 15) is 0 Å². The number of morpholine rings is 1. The molecule has 0 radical (unpaired) electrons. The summed E-state index contributed by atoms with van der Waals surface area (Å²) in [7, 11) is 0. The lowest BCUT2D eigenvalue weighted by Gasteiger charge is -2.10. The summed E-state index contributed by atoms with van der Waals surface area (Å²) in [5.74, 6) is 0. The summed E-state index contributed by atoms with van der Waals surface area (Å²) < 4.78 is 5.01. The molecule has 3 N–H and O–H groups in total. The molecule has 0 aromatic heterocycles. The van der Waals surface area contributed by atoms with Crippen LogP contribution in [-0.4, -0.2) is 31.8 Å². The molecular weight excluding hydrogens is 140 g/mol. The molecule has 0 aromatic rings. The summed E-state index contributed by atoms with van der Waals surface area (Å²) in [5, 5.41) is 3.16. The first-order chi connectivity index (χ1) is 5.00. The third-order valence-corrected chi connectivity index (χ3v) is 0.846. The molecule has 0 aromatic carbocycles. The molecule has 1 fully saturated rings. The maximum atomic E-state index is 5.35. The number of nitrogens with one attached hydrogen (secondary N) is 1. The number of hydrogen-bond acceptors (Lipinski definition) is 3. The molecule has 11 heavy (non-hydrogen) atoms. The Kier molecular flexibility index (Phi) is 5.46. The predicted molar refractivity (Wildman–Crippen MR) is 47.6 cm³/mol. The molecule has 0 amide bonds. The van der Waals surface area contributed by atoms with Gasteiger partial charge < -0.3 is 15.8 Å². The first-order valence-corrected chi connectivity index (χ1v) is 4.07. The van der Waals surface area contributed by atoms with Crippen molar-refractivity contribution >= 4 is 0 Å². The van der Waals surface area contributed by atoms with Crippen LogP contribution in [0.2, 0.25) is 0 Å². The highest BCUT2D eigenvalue weighted by molar-refractivity contribution is 4.60. The van der Waals surface area contributed by atoms with Crippen LogP contribution in [0.4, 0.5) is 0 Å². The maximum Gasteiger partial charge on any atom is 0.0591 e. The summed E-state index contributed by atoms with van der Waals surface area (Å²) in [6.45, 7) is 9.73. The number of rotatable bonds is 0. The van der Waals surface area contributed by atoms with Crippen LogP contribution in [0.25, 0.3) is 0 Å². The van der Waals surface area contributed by atoms with E-state index < -0.39 is 0 Å². The van der Waals surface area contributed by atoms with Gasteiger partial charge in [-0.05, 0) is 20.8 Å². The maximum absolute atomic E-state index is 5.35. The summed E-state index contributed by atoms with van der Waals surface area (Å²) >= 11 is 0. The van der Waals surface area contributed by atoms with Gasteiger partial charge in [-0.2, -0.15) is 0 Å². The molecule has 0 aliphatic carbocycles. The molecule has 0 bridgehead atoms. The van der Waals surface area contributed by atoms with Gasteiger partial charge in [0, 0.05) is 18.6 Å². The van der Waals surface area contributed by atoms with E-state index in [2.05, 4.69) is 5.32 Å². The fourth-order valence-electron chi connectivity index (χ4n) is 0.516. The van der Waals surface area contributed by atoms with Gasteiger partial charge in [0.1, 0.15) is 0 Å². The molecule has 3 nitrogen and oxygen atoms in total. The molecule has 1 aliphatic rings. The van der Waals surface area contributed by atoms with Crippen molar-refractivity contribution in [3.63, 3.8) is 0 Å². The molecule has 68 valence electrons. The fraction of sp³-hybridized carbons (Fsp3) is 1.00. The molecule has 0 atom stereocenters. The zero-order valence-corrected chi connectivity index (χ0v) is 7.81. The molecule has 1 saturated heterocycles. The first kappa shape index (κ1) is 10.9. The second-order valence-electron chi connectivity index (χ2n) is 3.73. The molecule has 0 saturated carbocycles. The zero-order chi connectivity index (χ0) is 8.74. The molecule has 1 aliphatic heterocycles. The highest BCUT2D eigenvalue weighted by Gasteiger charge is 1.95. The third-order valence-electron chi connectivity index (χ3n) is 0.846. The third kappa shape index (κ3) is 17.7. The summed E-state index contributed by atoms with van der Waals surface area (Å²) in [6.07, 6.45) is 0. The van der Waals surface area contributed by atoms with E-state index in [-0.39, 0.29) is 5.54 Å². The molecule has 3 heteroatoms. The summed E-state index contributed by atoms with van der Waals surface area (Å²) in [5.41, 5.74) is 5.35. The van der Waals surface area contributed by atoms with Gasteiger partial charge in [-0.15, -0.1) is 0 Å². The Morgan fingerprint density at radius 3 is 1.64 bits per heavy atom. The monoisotopic (exact) mass is 160 g/mol. The summed E-state index contributed by atoms with van der Waals surface area (Å²) in [4.78, 5) is 0. The Hall–Kier alpha value is -0.120. The normalized spacial score (nSPS) is 18.5. The number of nitrogens with two attached hydrogens (primary N) is 1. The van der Waals surface area contributed by atoms with E-state index in [0.29, 0.717) is 0 Å². The molecule has 0 spiro atoms. The topological polar surface area (TPSA) is 47.3 Å². The average Bonchev–Trinajstić information content (AvgIpc) is 1.88. The van der Waals surface area contributed by atoms with Gasteiger partial charge in [0.2, 0.25) is 0 Å². The lowest BCUT2D eigenvalue weighted by Crippen LogP contribution is -2.30. The van der Waals surface area contributed by atoms with Crippen molar-refractivity contribution in [1.82, 2.24) is 5.32 Å². The van der Waals surface area contributed by atoms with E-state index in [1.807, 2.05) is 20.8 Å². The van der Waals surface area contributed by atoms with Gasteiger partial charge >= 0.3 is 0 Å². The molecule has 1 heterocycles. The van der Waals surface area contributed by atoms with Crippen molar-refractivity contribution in [2.24, 2.45) is 5.73 Å².